The summed E-state index contributed by atoms with van der Waals surface area (Å²) in [4.78, 5) is 4.48. The van der Waals surface area contributed by atoms with E-state index in [1.165, 1.54) is 0 Å². The molecule has 0 unspecified atom stereocenters. The van der Waals surface area contributed by atoms with Crippen LogP contribution in [-0.2, 0) is 6.54 Å². The molecule has 16 heavy (non-hydrogen) atoms. The largest absolute Gasteiger partial charge is 0.325 e. The smallest absolute Gasteiger partial charge is 0.145 e. The third-order valence-electron chi connectivity index (χ3n) is 2.69. The van der Waals surface area contributed by atoms with Crippen molar-refractivity contribution in [2.24, 2.45) is 5.73 Å². The zero-order valence-electron chi connectivity index (χ0n) is 8.52. The number of hydrogen-bond acceptors (Lipinski definition) is 2. The van der Waals surface area contributed by atoms with Gasteiger partial charge in [-0.2, -0.15) is 0 Å². The van der Waals surface area contributed by atoms with E-state index >= 15 is 0 Å². The van der Waals surface area contributed by atoms with Crippen molar-refractivity contribution in [2.75, 3.05) is 0 Å². The molecule has 0 radical (unpaired) electrons. The van der Waals surface area contributed by atoms with Crippen LogP contribution in [0.1, 0.15) is 5.69 Å². The van der Waals surface area contributed by atoms with E-state index in [1.807, 2.05) is 41.1 Å². The zero-order valence-corrected chi connectivity index (χ0v) is 9.28. The molecule has 0 aliphatic heterocycles. The van der Waals surface area contributed by atoms with Gasteiger partial charge in [-0.3, -0.25) is 0 Å². The van der Waals surface area contributed by atoms with Crippen LogP contribution in [0.25, 0.3) is 16.4 Å². The van der Waals surface area contributed by atoms with Crippen LogP contribution in [0.15, 0.2) is 36.7 Å². The number of rotatable bonds is 1. The van der Waals surface area contributed by atoms with Crippen molar-refractivity contribution in [3.63, 3.8) is 0 Å². The predicted octanol–water partition coefficient (Wildman–Crippen LogP) is 2.60. The summed E-state index contributed by atoms with van der Waals surface area (Å²) in [5, 5.41) is 2.82. The summed E-state index contributed by atoms with van der Waals surface area (Å²) >= 11 is 6.14. The Hall–Kier alpha value is -1.58. The van der Waals surface area contributed by atoms with Crippen LogP contribution < -0.4 is 5.73 Å². The molecule has 0 saturated carbocycles. The van der Waals surface area contributed by atoms with Gasteiger partial charge in [0.1, 0.15) is 5.65 Å². The van der Waals surface area contributed by atoms with Gasteiger partial charge in [-0.15, -0.1) is 0 Å². The van der Waals surface area contributed by atoms with Crippen molar-refractivity contribution in [2.45, 2.75) is 6.54 Å². The van der Waals surface area contributed by atoms with E-state index in [-0.39, 0.29) is 0 Å². The monoisotopic (exact) mass is 231 g/mol. The standard InChI is InChI=1S/C12H10ClN3/c13-11-3-1-2-10-9(11)4-5-16-7-8(6-14)15-12(10)16/h1-5,7H,6,14H2. The lowest BCUT2D eigenvalue weighted by molar-refractivity contribution is 1.02. The summed E-state index contributed by atoms with van der Waals surface area (Å²) in [5.41, 5.74) is 7.37. The van der Waals surface area contributed by atoms with E-state index in [0.29, 0.717) is 6.54 Å². The van der Waals surface area contributed by atoms with Crippen LogP contribution in [-0.4, -0.2) is 9.38 Å². The molecule has 0 amide bonds. The molecule has 3 nitrogen and oxygen atoms in total. The summed E-state index contributed by atoms with van der Waals surface area (Å²) < 4.78 is 1.97. The molecule has 1 aromatic carbocycles. The Morgan fingerprint density at radius 2 is 2.12 bits per heavy atom. The normalized spacial score (nSPS) is 11.4. The minimum atomic E-state index is 0.448. The number of fused-ring (bicyclic) bond motifs is 3. The highest BCUT2D eigenvalue weighted by Gasteiger charge is 2.06. The Morgan fingerprint density at radius 1 is 1.25 bits per heavy atom. The first-order chi connectivity index (χ1) is 7.79. The summed E-state index contributed by atoms with van der Waals surface area (Å²) in [6, 6.07) is 7.82. The quantitative estimate of drug-likeness (QED) is 0.700. The molecule has 0 aliphatic carbocycles. The van der Waals surface area contributed by atoms with Crippen molar-refractivity contribution < 1.29 is 0 Å². The number of aromatic nitrogens is 2. The molecule has 3 rings (SSSR count). The first-order valence-electron chi connectivity index (χ1n) is 5.04. The second-order valence-electron chi connectivity index (χ2n) is 3.68. The van der Waals surface area contributed by atoms with Gasteiger partial charge < -0.3 is 10.1 Å². The highest BCUT2D eigenvalue weighted by molar-refractivity contribution is 6.35. The summed E-state index contributed by atoms with van der Waals surface area (Å²) in [5.74, 6) is 0. The lowest BCUT2D eigenvalue weighted by Gasteiger charge is -2.01. The fourth-order valence-electron chi connectivity index (χ4n) is 1.91. The van der Waals surface area contributed by atoms with Crippen molar-refractivity contribution in [1.29, 1.82) is 0 Å². The summed E-state index contributed by atoms with van der Waals surface area (Å²) in [6.07, 6.45) is 3.89. The molecule has 3 aromatic rings. The number of nitrogens with two attached hydrogens (primary N) is 1. The third kappa shape index (κ3) is 1.29. The minimum absolute atomic E-state index is 0.448. The van der Waals surface area contributed by atoms with Gasteiger partial charge >= 0.3 is 0 Å². The fraction of sp³-hybridized carbons (Fsp3) is 0.0833. The lowest BCUT2D eigenvalue weighted by Crippen LogP contribution is -1.95. The van der Waals surface area contributed by atoms with Crippen LogP contribution in [0.2, 0.25) is 5.02 Å². The topological polar surface area (TPSA) is 43.3 Å². The van der Waals surface area contributed by atoms with E-state index < -0.39 is 0 Å². The molecule has 0 spiro atoms. The van der Waals surface area contributed by atoms with E-state index in [2.05, 4.69) is 4.98 Å². The molecule has 4 heteroatoms. The summed E-state index contributed by atoms with van der Waals surface area (Å²) in [6.45, 7) is 0.448. The molecule has 2 heterocycles. The molecule has 0 aliphatic rings. The van der Waals surface area contributed by atoms with E-state index in [0.717, 1.165) is 27.1 Å². The average Bonchev–Trinajstić information content (AvgIpc) is 2.72. The molecular formula is C12H10ClN3. The molecule has 0 atom stereocenters. The maximum absolute atomic E-state index is 6.14. The van der Waals surface area contributed by atoms with Gasteiger partial charge in [0.05, 0.1) is 5.69 Å². The zero-order chi connectivity index (χ0) is 11.1. The van der Waals surface area contributed by atoms with E-state index in [1.54, 1.807) is 0 Å². The van der Waals surface area contributed by atoms with Crippen molar-refractivity contribution in [3.8, 4) is 0 Å². The first-order valence-corrected chi connectivity index (χ1v) is 5.42. The van der Waals surface area contributed by atoms with Gasteiger partial charge in [-0.1, -0.05) is 23.7 Å². The Kier molecular flexibility index (Phi) is 2.09. The van der Waals surface area contributed by atoms with Gasteiger partial charge in [0, 0.05) is 34.7 Å². The third-order valence-corrected chi connectivity index (χ3v) is 3.02. The molecule has 0 bridgehead atoms. The van der Waals surface area contributed by atoms with Crippen LogP contribution in [0.4, 0.5) is 0 Å². The number of hydrogen-bond donors (Lipinski definition) is 1. The van der Waals surface area contributed by atoms with Crippen molar-refractivity contribution in [1.82, 2.24) is 9.38 Å². The lowest BCUT2D eigenvalue weighted by atomic mass is 10.2. The van der Waals surface area contributed by atoms with Crippen molar-refractivity contribution >= 4 is 28.0 Å². The average molecular weight is 232 g/mol. The second kappa shape index (κ2) is 3.47. The van der Waals surface area contributed by atoms with E-state index in [9.17, 15) is 0 Å². The van der Waals surface area contributed by atoms with Gasteiger partial charge in [-0.25, -0.2) is 4.98 Å². The number of pyridine rings is 1. The predicted molar refractivity (Wildman–Crippen MR) is 65.6 cm³/mol. The summed E-state index contributed by atoms with van der Waals surface area (Å²) in [7, 11) is 0. The number of benzene rings is 1. The van der Waals surface area contributed by atoms with Crippen molar-refractivity contribution in [3.05, 3.63) is 47.4 Å². The second-order valence-corrected chi connectivity index (χ2v) is 4.09. The van der Waals surface area contributed by atoms with Gasteiger partial charge in [-0.05, 0) is 12.1 Å². The first kappa shape index (κ1) is 9.63. The molecular weight excluding hydrogens is 222 g/mol. The van der Waals surface area contributed by atoms with Gasteiger partial charge in [0.25, 0.3) is 0 Å². The molecule has 2 N–H and O–H groups in total. The molecule has 0 saturated heterocycles. The maximum Gasteiger partial charge on any atom is 0.145 e. The van der Waals surface area contributed by atoms with Crippen LogP contribution in [0.3, 0.4) is 0 Å². The number of halogens is 1. The van der Waals surface area contributed by atoms with Crippen LogP contribution in [0.5, 0.6) is 0 Å². The van der Waals surface area contributed by atoms with Crippen LogP contribution in [0, 0.1) is 0 Å². The number of imidazole rings is 1. The minimum Gasteiger partial charge on any atom is -0.325 e. The Bertz CT molecular complexity index is 672. The Labute approximate surface area is 97.5 Å². The van der Waals surface area contributed by atoms with Crippen LogP contribution >= 0.6 is 11.6 Å². The van der Waals surface area contributed by atoms with Gasteiger partial charge in [0.2, 0.25) is 0 Å². The molecule has 80 valence electrons. The Morgan fingerprint density at radius 3 is 2.94 bits per heavy atom. The van der Waals surface area contributed by atoms with E-state index in [4.69, 9.17) is 17.3 Å². The Balaban J connectivity index is 2.48. The fourth-order valence-corrected chi connectivity index (χ4v) is 2.15. The molecule has 2 aromatic heterocycles. The van der Waals surface area contributed by atoms with Gasteiger partial charge in [0.15, 0.2) is 0 Å². The SMILES string of the molecule is NCc1cn2ccc3c(Cl)cccc3c2n1. The maximum atomic E-state index is 6.14. The molecule has 0 fully saturated rings. The number of nitrogens with zero attached hydrogens (tertiary/aromatic N) is 2. The highest BCUT2D eigenvalue weighted by atomic mass is 35.5. The highest BCUT2D eigenvalue weighted by Crippen LogP contribution is 2.26.